The van der Waals surface area contributed by atoms with Gasteiger partial charge in [-0.1, -0.05) is 40.5 Å². The zero-order valence-electron chi connectivity index (χ0n) is 12.9. The Morgan fingerprint density at radius 2 is 1.00 bits per heavy atom. The van der Waals surface area contributed by atoms with Crippen LogP contribution in [0.4, 0.5) is 0 Å². The molecule has 0 N–H and O–H groups in total. The molecule has 0 fully saturated rings. The molecule has 0 spiro atoms. The third-order valence-electron chi connectivity index (χ3n) is 2.67. The first kappa shape index (κ1) is 25.0. The minimum absolute atomic E-state index is 0. The van der Waals surface area contributed by atoms with Crippen LogP contribution < -0.4 is 9.79 Å². The Morgan fingerprint density at radius 1 is 0.737 bits per heavy atom. The van der Waals surface area contributed by atoms with Crippen LogP contribution in [0.15, 0.2) is 0 Å². The van der Waals surface area contributed by atoms with Gasteiger partial charge in [0.15, 0.2) is 0 Å². The Kier molecular flexibility index (Phi) is 18.4. The standard InChI is InChI=1S/2C6H15O2P.Zn/c2*1-3-5-6-9(7,8)4-2;/h2*3-6H2,1-2H3,(H,7,8);/q;;+2/p-2. The van der Waals surface area contributed by atoms with Crippen molar-refractivity contribution < 1.29 is 38.4 Å². The van der Waals surface area contributed by atoms with Crippen molar-refractivity contribution in [1.29, 1.82) is 0 Å². The maximum absolute atomic E-state index is 10.8. The summed E-state index contributed by atoms with van der Waals surface area (Å²) in [6.07, 6.45) is 4.96. The molecular weight excluding hydrogens is 335 g/mol. The van der Waals surface area contributed by atoms with Crippen molar-refractivity contribution in [2.45, 2.75) is 53.4 Å². The Labute approximate surface area is 131 Å². The van der Waals surface area contributed by atoms with Crippen LogP contribution in [0.3, 0.4) is 0 Å². The second-order valence-electron chi connectivity index (χ2n) is 4.42. The molecular formula is C12H28O4P2Zn. The van der Waals surface area contributed by atoms with Gasteiger partial charge in [-0.25, -0.2) is 0 Å². The van der Waals surface area contributed by atoms with Crippen molar-refractivity contribution in [2.75, 3.05) is 24.6 Å². The van der Waals surface area contributed by atoms with Gasteiger partial charge in [-0.05, 0) is 37.5 Å². The second-order valence-corrected chi connectivity index (χ2v) is 9.83. The maximum Gasteiger partial charge on any atom is 2.00 e. The molecule has 0 aliphatic rings. The summed E-state index contributed by atoms with van der Waals surface area (Å²) in [6, 6.07) is 0. The summed E-state index contributed by atoms with van der Waals surface area (Å²) in [4.78, 5) is 21.6. The monoisotopic (exact) mass is 362 g/mol. The van der Waals surface area contributed by atoms with Gasteiger partial charge < -0.3 is 18.9 Å². The smallest absolute Gasteiger partial charge is 0.799 e. The van der Waals surface area contributed by atoms with Gasteiger partial charge in [0, 0.05) is 14.7 Å². The molecule has 2 atom stereocenters. The van der Waals surface area contributed by atoms with Crippen molar-refractivity contribution in [1.82, 2.24) is 0 Å². The second kappa shape index (κ2) is 14.0. The van der Waals surface area contributed by atoms with E-state index in [1.165, 1.54) is 0 Å². The molecule has 2 unspecified atom stereocenters. The van der Waals surface area contributed by atoms with E-state index in [1.807, 2.05) is 13.8 Å². The Morgan fingerprint density at radius 3 is 1.16 bits per heavy atom. The number of hydrogen-bond donors (Lipinski definition) is 0. The Bertz CT molecular complexity index is 257. The third kappa shape index (κ3) is 19.0. The molecule has 0 aromatic carbocycles. The molecule has 0 radical (unpaired) electrons. The van der Waals surface area contributed by atoms with Crippen LogP contribution in [0.25, 0.3) is 0 Å². The summed E-state index contributed by atoms with van der Waals surface area (Å²) >= 11 is 0. The molecule has 0 heterocycles. The number of hydrogen-bond acceptors (Lipinski definition) is 4. The SMILES string of the molecule is CCCCP(=O)([O-])CC.CCCCP(=O)([O-])CC.[Zn+2]. The molecule has 112 valence electrons. The summed E-state index contributed by atoms with van der Waals surface area (Å²) in [5.74, 6) is 0. The van der Waals surface area contributed by atoms with Crippen molar-refractivity contribution in [3.8, 4) is 0 Å². The number of unbranched alkanes of at least 4 members (excludes halogenated alkanes) is 2. The van der Waals surface area contributed by atoms with Crippen molar-refractivity contribution in [3.05, 3.63) is 0 Å². The van der Waals surface area contributed by atoms with E-state index >= 15 is 0 Å². The average molecular weight is 364 g/mol. The minimum Gasteiger partial charge on any atom is -0.799 e. The molecule has 0 saturated heterocycles. The average Bonchev–Trinajstić information content (AvgIpc) is 2.35. The van der Waals surface area contributed by atoms with E-state index in [2.05, 4.69) is 0 Å². The van der Waals surface area contributed by atoms with Crippen LogP contribution in [0.5, 0.6) is 0 Å². The van der Waals surface area contributed by atoms with Gasteiger partial charge in [0.2, 0.25) is 0 Å². The van der Waals surface area contributed by atoms with Gasteiger partial charge in [0.25, 0.3) is 0 Å². The van der Waals surface area contributed by atoms with Crippen LogP contribution >= 0.6 is 14.7 Å². The summed E-state index contributed by atoms with van der Waals surface area (Å²) in [5, 5.41) is 0. The van der Waals surface area contributed by atoms with E-state index in [4.69, 9.17) is 0 Å². The van der Waals surface area contributed by atoms with Gasteiger partial charge >= 0.3 is 19.5 Å². The van der Waals surface area contributed by atoms with Gasteiger partial charge in [-0.2, -0.15) is 0 Å². The molecule has 4 nitrogen and oxygen atoms in total. The first-order valence-corrected chi connectivity index (χ1v) is 10.8. The fraction of sp³-hybridized carbons (Fsp3) is 1.00. The predicted octanol–water partition coefficient (Wildman–Crippen LogP) is 2.89. The summed E-state index contributed by atoms with van der Waals surface area (Å²) < 4.78 is 21.6. The Balaban J connectivity index is -0.000000256. The molecule has 0 rings (SSSR count). The molecule has 0 aliphatic carbocycles. The van der Waals surface area contributed by atoms with Gasteiger partial charge in [-0.3, -0.25) is 0 Å². The number of rotatable bonds is 8. The predicted molar refractivity (Wildman–Crippen MR) is 75.8 cm³/mol. The quantitative estimate of drug-likeness (QED) is 0.490. The third-order valence-corrected chi connectivity index (χ3v) is 6.59. The zero-order valence-corrected chi connectivity index (χ0v) is 17.6. The molecule has 0 amide bonds. The van der Waals surface area contributed by atoms with Crippen LogP contribution in [0.2, 0.25) is 0 Å². The van der Waals surface area contributed by atoms with E-state index in [9.17, 15) is 18.9 Å². The van der Waals surface area contributed by atoms with E-state index < -0.39 is 14.7 Å². The molecule has 19 heavy (non-hydrogen) atoms. The Hall–Kier alpha value is 1.00. The molecule has 7 heteroatoms. The topological polar surface area (TPSA) is 80.3 Å². The van der Waals surface area contributed by atoms with Crippen molar-refractivity contribution >= 4 is 14.7 Å². The normalized spacial score (nSPS) is 16.3. The molecule has 0 aromatic rings. The summed E-state index contributed by atoms with van der Waals surface area (Å²) in [6.45, 7) is 7.39. The minimum atomic E-state index is -2.94. The van der Waals surface area contributed by atoms with E-state index in [0.717, 1.165) is 25.7 Å². The first-order valence-electron chi connectivity index (χ1n) is 6.82. The fourth-order valence-electron chi connectivity index (χ4n) is 1.11. The van der Waals surface area contributed by atoms with Crippen LogP contribution in [0, 0.1) is 0 Å². The molecule has 0 saturated carbocycles. The van der Waals surface area contributed by atoms with E-state index in [-0.39, 0.29) is 19.5 Å². The van der Waals surface area contributed by atoms with Gasteiger partial charge in [0.1, 0.15) is 0 Å². The van der Waals surface area contributed by atoms with Gasteiger partial charge in [-0.15, -0.1) is 0 Å². The van der Waals surface area contributed by atoms with Crippen LogP contribution in [-0.4, -0.2) is 24.6 Å². The molecule has 0 aliphatic heterocycles. The molecule has 0 bridgehead atoms. The van der Waals surface area contributed by atoms with Crippen molar-refractivity contribution in [2.24, 2.45) is 0 Å². The van der Waals surface area contributed by atoms with E-state index in [0.29, 0.717) is 24.6 Å². The fourth-order valence-corrected chi connectivity index (χ4v) is 3.34. The summed E-state index contributed by atoms with van der Waals surface area (Å²) in [7, 11) is -5.88. The van der Waals surface area contributed by atoms with Gasteiger partial charge in [0.05, 0.1) is 0 Å². The molecule has 0 aromatic heterocycles. The largest absolute Gasteiger partial charge is 2.00 e. The van der Waals surface area contributed by atoms with Crippen LogP contribution in [0.1, 0.15) is 53.4 Å². The summed E-state index contributed by atoms with van der Waals surface area (Å²) in [5.41, 5.74) is 0. The first-order chi connectivity index (χ1) is 8.24. The maximum atomic E-state index is 10.8. The van der Waals surface area contributed by atoms with Crippen LogP contribution in [-0.2, 0) is 28.6 Å². The van der Waals surface area contributed by atoms with E-state index in [1.54, 1.807) is 13.8 Å². The zero-order chi connectivity index (χ0) is 14.7. The van der Waals surface area contributed by atoms with Crippen molar-refractivity contribution in [3.63, 3.8) is 0 Å².